The van der Waals surface area contributed by atoms with Crippen LogP contribution in [0.4, 0.5) is 0 Å². The first-order valence-corrected chi connectivity index (χ1v) is 5.09. The second-order valence-corrected chi connectivity index (χ2v) is 3.33. The van der Waals surface area contributed by atoms with Crippen molar-refractivity contribution in [3.63, 3.8) is 0 Å². The molecule has 0 radical (unpaired) electrons. The van der Waals surface area contributed by atoms with Gasteiger partial charge in [0.25, 0.3) is 0 Å². The number of carbonyl (C=O) groups is 1. The molecule has 1 amide bonds. The number of hydroxylamine groups is 1. The van der Waals surface area contributed by atoms with Crippen LogP contribution in [0, 0.1) is 0 Å². The number of hydrogen-bond donors (Lipinski definition) is 2. The molecule has 1 unspecified atom stereocenters. The first-order chi connectivity index (χ1) is 6.83. The molecule has 1 aliphatic heterocycles. The van der Waals surface area contributed by atoms with E-state index in [2.05, 4.69) is 5.48 Å². The molecule has 14 heavy (non-hydrogen) atoms. The second-order valence-electron chi connectivity index (χ2n) is 3.33. The number of nitrogens with one attached hydrogen (secondary N) is 1. The van der Waals surface area contributed by atoms with E-state index in [0.717, 1.165) is 19.3 Å². The van der Waals surface area contributed by atoms with Crippen molar-refractivity contribution in [3.05, 3.63) is 0 Å². The summed E-state index contributed by atoms with van der Waals surface area (Å²) in [7, 11) is 0. The van der Waals surface area contributed by atoms with Crippen LogP contribution in [-0.4, -0.2) is 25.3 Å². The van der Waals surface area contributed by atoms with Gasteiger partial charge in [0, 0.05) is 19.4 Å². The quantitative estimate of drug-likeness (QED) is 0.629. The van der Waals surface area contributed by atoms with Crippen LogP contribution in [0.25, 0.3) is 0 Å². The molecule has 0 aromatic carbocycles. The first-order valence-electron chi connectivity index (χ1n) is 5.09. The number of carbonyl (C=O) groups excluding carboxylic acids is 1. The number of hydrogen-bond acceptors (Lipinski definition) is 4. The van der Waals surface area contributed by atoms with Gasteiger partial charge in [-0.3, -0.25) is 4.79 Å². The fourth-order valence-electron chi connectivity index (χ4n) is 1.25. The smallest absolute Gasteiger partial charge is 0.243 e. The lowest BCUT2D eigenvalue weighted by Crippen LogP contribution is -2.33. The van der Waals surface area contributed by atoms with E-state index in [0.29, 0.717) is 26.0 Å². The highest BCUT2D eigenvalue weighted by Gasteiger charge is 2.15. The van der Waals surface area contributed by atoms with Gasteiger partial charge < -0.3 is 10.5 Å². The molecule has 5 nitrogen and oxygen atoms in total. The molecule has 5 heteroatoms. The second kappa shape index (κ2) is 6.75. The van der Waals surface area contributed by atoms with E-state index in [9.17, 15) is 4.79 Å². The molecule has 0 aromatic rings. The molecule has 0 spiro atoms. The minimum Gasteiger partial charge on any atom is -0.350 e. The molecule has 1 rings (SSSR count). The monoisotopic (exact) mass is 202 g/mol. The summed E-state index contributed by atoms with van der Waals surface area (Å²) < 4.78 is 5.27. The highest BCUT2D eigenvalue weighted by atomic mass is 16.8. The molecule has 0 saturated carbocycles. The molecule has 1 atom stereocenters. The summed E-state index contributed by atoms with van der Waals surface area (Å²) in [5.41, 5.74) is 7.64. The van der Waals surface area contributed by atoms with Crippen LogP contribution in [0.1, 0.15) is 32.1 Å². The van der Waals surface area contributed by atoms with E-state index >= 15 is 0 Å². The molecule has 82 valence electrons. The molecule has 1 heterocycles. The largest absolute Gasteiger partial charge is 0.350 e. The Bertz CT molecular complexity index is 169. The number of rotatable bonds is 5. The predicted octanol–water partition coefficient (Wildman–Crippen LogP) is 0.300. The molecule has 1 aliphatic rings. The predicted molar refractivity (Wildman–Crippen MR) is 51.1 cm³/mol. The summed E-state index contributed by atoms with van der Waals surface area (Å²) in [6.45, 7) is 1.23. The molecular weight excluding hydrogens is 184 g/mol. The van der Waals surface area contributed by atoms with Crippen molar-refractivity contribution in [1.82, 2.24) is 5.48 Å². The number of ether oxygens (including phenoxy) is 1. The van der Waals surface area contributed by atoms with Gasteiger partial charge in [0.05, 0.1) is 0 Å². The van der Waals surface area contributed by atoms with Crippen molar-refractivity contribution in [1.29, 1.82) is 0 Å². The lowest BCUT2D eigenvalue weighted by Gasteiger charge is -2.22. The highest BCUT2D eigenvalue weighted by Crippen LogP contribution is 2.12. The minimum atomic E-state index is -0.273. The van der Waals surface area contributed by atoms with Gasteiger partial charge in [0.15, 0.2) is 6.29 Å². The van der Waals surface area contributed by atoms with Gasteiger partial charge in [0.1, 0.15) is 0 Å². The van der Waals surface area contributed by atoms with Crippen LogP contribution < -0.4 is 11.2 Å². The minimum absolute atomic E-state index is 0.135. The van der Waals surface area contributed by atoms with Gasteiger partial charge in [-0.05, 0) is 25.8 Å². The van der Waals surface area contributed by atoms with Crippen molar-refractivity contribution in [2.45, 2.75) is 38.4 Å². The first kappa shape index (κ1) is 11.4. The Balaban J connectivity index is 2.03. The van der Waals surface area contributed by atoms with Crippen LogP contribution in [0.5, 0.6) is 0 Å². The molecular formula is C9H18N2O3. The Hall–Kier alpha value is -0.650. The van der Waals surface area contributed by atoms with Crippen LogP contribution in [-0.2, 0) is 14.4 Å². The maximum absolute atomic E-state index is 11.1. The van der Waals surface area contributed by atoms with E-state index in [1.807, 2.05) is 0 Å². The van der Waals surface area contributed by atoms with Gasteiger partial charge in [-0.1, -0.05) is 0 Å². The SMILES string of the molecule is NCCCC(=O)NOC1CCCCO1. The summed E-state index contributed by atoms with van der Waals surface area (Å²) in [4.78, 5) is 16.2. The molecule has 0 aliphatic carbocycles. The van der Waals surface area contributed by atoms with Gasteiger partial charge in [-0.2, -0.15) is 0 Å². The zero-order chi connectivity index (χ0) is 10.2. The summed E-state index contributed by atoms with van der Waals surface area (Å²) in [6.07, 6.45) is 3.82. The fraction of sp³-hybridized carbons (Fsp3) is 0.889. The maximum Gasteiger partial charge on any atom is 0.243 e. The lowest BCUT2D eigenvalue weighted by atomic mass is 10.2. The van der Waals surface area contributed by atoms with E-state index in [-0.39, 0.29) is 12.2 Å². The van der Waals surface area contributed by atoms with Gasteiger partial charge in [-0.15, -0.1) is 0 Å². The van der Waals surface area contributed by atoms with Crippen molar-refractivity contribution in [3.8, 4) is 0 Å². The van der Waals surface area contributed by atoms with Crippen LogP contribution >= 0.6 is 0 Å². The molecule has 0 bridgehead atoms. The Morgan fingerprint density at radius 2 is 2.43 bits per heavy atom. The van der Waals surface area contributed by atoms with Crippen molar-refractivity contribution in [2.24, 2.45) is 5.73 Å². The highest BCUT2D eigenvalue weighted by molar-refractivity contribution is 5.74. The topological polar surface area (TPSA) is 73.6 Å². The van der Waals surface area contributed by atoms with Gasteiger partial charge in [-0.25, -0.2) is 10.3 Å². The Kier molecular flexibility index (Phi) is 5.51. The summed E-state index contributed by atoms with van der Waals surface area (Å²) in [5, 5.41) is 0. The Labute approximate surface area is 83.9 Å². The van der Waals surface area contributed by atoms with E-state index in [1.165, 1.54) is 0 Å². The standard InChI is InChI=1S/C9H18N2O3/c10-6-3-4-8(12)11-14-9-5-1-2-7-13-9/h9H,1-7,10H2,(H,11,12). The van der Waals surface area contributed by atoms with Crippen LogP contribution in [0.3, 0.4) is 0 Å². The van der Waals surface area contributed by atoms with E-state index < -0.39 is 0 Å². The van der Waals surface area contributed by atoms with Crippen molar-refractivity contribution >= 4 is 5.91 Å². The zero-order valence-corrected chi connectivity index (χ0v) is 8.33. The molecule has 3 N–H and O–H groups in total. The zero-order valence-electron chi connectivity index (χ0n) is 8.33. The maximum atomic E-state index is 11.1. The third-order valence-corrected chi connectivity index (χ3v) is 2.05. The van der Waals surface area contributed by atoms with Crippen LogP contribution in [0.15, 0.2) is 0 Å². The third-order valence-electron chi connectivity index (χ3n) is 2.05. The molecule has 1 fully saturated rings. The number of amides is 1. The summed E-state index contributed by atoms with van der Waals surface area (Å²) in [5.74, 6) is -0.135. The lowest BCUT2D eigenvalue weighted by molar-refractivity contribution is -0.200. The van der Waals surface area contributed by atoms with E-state index in [4.69, 9.17) is 15.3 Å². The summed E-state index contributed by atoms with van der Waals surface area (Å²) in [6, 6.07) is 0. The Morgan fingerprint density at radius 1 is 1.57 bits per heavy atom. The van der Waals surface area contributed by atoms with Gasteiger partial charge in [0.2, 0.25) is 5.91 Å². The fourth-order valence-corrected chi connectivity index (χ4v) is 1.25. The Morgan fingerprint density at radius 3 is 3.07 bits per heavy atom. The normalized spacial score (nSPS) is 21.9. The van der Waals surface area contributed by atoms with Crippen molar-refractivity contribution in [2.75, 3.05) is 13.2 Å². The average molecular weight is 202 g/mol. The van der Waals surface area contributed by atoms with Crippen molar-refractivity contribution < 1.29 is 14.4 Å². The van der Waals surface area contributed by atoms with Gasteiger partial charge >= 0.3 is 0 Å². The van der Waals surface area contributed by atoms with E-state index in [1.54, 1.807) is 0 Å². The number of nitrogens with two attached hydrogens (primary N) is 1. The van der Waals surface area contributed by atoms with Crippen LogP contribution in [0.2, 0.25) is 0 Å². The molecule has 1 saturated heterocycles. The summed E-state index contributed by atoms with van der Waals surface area (Å²) >= 11 is 0. The average Bonchev–Trinajstić information content (AvgIpc) is 2.25. The molecule has 0 aromatic heterocycles. The third kappa shape index (κ3) is 4.55.